The van der Waals surface area contributed by atoms with Crippen LogP contribution in [-0.4, -0.2) is 33.3 Å². The fourth-order valence-electron chi connectivity index (χ4n) is 3.64. The Morgan fingerprint density at radius 2 is 1.85 bits per heavy atom. The molecule has 0 aliphatic carbocycles. The average molecular weight is 380 g/mol. The van der Waals surface area contributed by atoms with Crippen LogP contribution in [0.3, 0.4) is 0 Å². The van der Waals surface area contributed by atoms with Crippen molar-refractivity contribution >= 4 is 39.6 Å². The number of hydrogen-bond acceptors (Lipinski definition) is 3. The van der Waals surface area contributed by atoms with Crippen LogP contribution >= 0.6 is 11.6 Å². The van der Waals surface area contributed by atoms with Crippen LogP contribution in [0.4, 0.5) is 5.69 Å². The molecule has 0 saturated heterocycles. The minimum atomic E-state index is -0.142. The van der Waals surface area contributed by atoms with Gasteiger partial charge in [-0.3, -0.25) is 4.79 Å². The summed E-state index contributed by atoms with van der Waals surface area (Å²) in [5.74, 6) is 0.0567. The average Bonchev–Trinajstić information content (AvgIpc) is 3.33. The molecule has 0 bridgehead atoms. The number of rotatable bonds is 1. The molecule has 0 spiro atoms. The van der Waals surface area contributed by atoms with Crippen molar-refractivity contribution in [2.24, 2.45) is 0 Å². The number of aromatic hydroxyl groups is 1. The highest BCUT2D eigenvalue weighted by Crippen LogP contribution is 2.39. The summed E-state index contributed by atoms with van der Waals surface area (Å²) in [6.45, 7) is 0.593. The molecule has 1 N–H and O–H groups in total. The number of benzene rings is 2. The summed E-state index contributed by atoms with van der Waals surface area (Å²) in [7, 11) is 0. The first-order valence-corrected chi connectivity index (χ1v) is 9.35. The molecule has 6 heteroatoms. The van der Waals surface area contributed by atoms with Crippen molar-refractivity contribution in [3.8, 4) is 5.75 Å². The van der Waals surface area contributed by atoms with Gasteiger partial charge in [0, 0.05) is 36.8 Å². The van der Waals surface area contributed by atoms with E-state index in [9.17, 15) is 9.90 Å². The summed E-state index contributed by atoms with van der Waals surface area (Å²) in [6, 6.07) is 15.1. The molecule has 5 rings (SSSR count). The fourth-order valence-corrected chi connectivity index (χ4v) is 3.64. The second-order valence-corrected chi connectivity index (χ2v) is 6.24. The van der Waals surface area contributed by atoms with Gasteiger partial charge in [-0.05, 0) is 29.5 Å². The lowest BCUT2D eigenvalue weighted by Gasteiger charge is -2.17. The number of nitrogens with zero attached hydrogens (tertiary/aromatic N) is 3. The number of imidazole rings is 1. The molecule has 0 saturated carbocycles. The standard InChI is InChI=1S/C20H15N3O2.CH3Cl/c24-18-11-17-14(13-5-1-2-6-15(13)18)8-10-23(17)20(25)16-12-22-9-4-3-7-19(22)21-16;1-2/h1-7,9,11-12,24H,8,10H2;1H3. The Kier molecular flexibility index (Phi) is 4.46. The monoisotopic (exact) mass is 379 g/mol. The van der Waals surface area contributed by atoms with Crippen molar-refractivity contribution in [1.82, 2.24) is 9.38 Å². The minimum Gasteiger partial charge on any atom is -0.507 e. The molecule has 0 atom stereocenters. The molecule has 3 heterocycles. The maximum Gasteiger partial charge on any atom is 0.278 e. The largest absolute Gasteiger partial charge is 0.507 e. The number of halogens is 1. The smallest absolute Gasteiger partial charge is 0.278 e. The van der Waals surface area contributed by atoms with Crippen LogP contribution < -0.4 is 4.90 Å². The molecule has 0 radical (unpaired) electrons. The fraction of sp³-hybridized carbons (Fsp3) is 0.143. The lowest BCUT2D eigenvalue weighted by atomic mass is 10.0. The molecular weight excluding hydrogens is 362 g/mol. The van der Waals surface area contributed by atoms with Crippen LogP contribution in [0, 0.1) is 0 Å². The number of phenolic OH excluding ortho intramolecular Hbond substituents is 1. The van der Waals surface area contributed by atoms with Gasteiger partial charge in [-0.25, -0.2) is 4.98 Å². The number of alkyl halides is 1. The molecule has 27 heavy (non-hydrogen) atoms. The minimum absolute atomic E-state index is 0.142. The van der Waals surface area contributed by atoms with Crippen molar-refractivity contribution in [2.75, 3.05) is 17.8 Å². The third kappa shape index (κ3) is 2.80. The molecule has 5 nitrogen and oxygen atoms in total. The molecule has 4 aromatic rings. The molecule has 1 aliphatic heterocycles. The van der Waals surface area contributed by atoms with Gasteiger partial charge in [0.25, 0.3) is 5.91 Å². The maximum absolute atomic E-state index is 13.0. The van der Waals surface area contributed by atoms with E-state index in [-0.39, 0.29) is 11.7 Å². The number of amides is 1. The first-order chi connectivity index (χ1) is 13.2. The lowest BCUT2D eigenvalue weighted by molar-refractivity contribution is 0.0985. The Morgan fingerprint density at radius 3 is 2.63 bits per heavy atom. The zero-order valence-electron chi connectivity index (χ0n) is 14.8. The second-order valence-electron chi connectivity index (χ2n) is 6.24. The Labute approximate surface area is 161 Å². The number of pyridine rings is 1. The molecule has 0 fully saturated rings. The van der Waals surface area contributed by atoms with E-state index in [2.05, 4.69) is 16.6 Å². The predicted octanol–water partition coefficient (Wildman–Crippen LogP) is 4.25. The number of fused-ring (bicyclic) bond motifs is 4. The van der Waals surface area contributed by atoms with Gasteiger partial charge in [0.05, 0.1) is 5.69 Å². The van der Waals surface area contributed by atoms with E-state index in [0.29, 0.717) is 12.2 Å². The van der Waals surface area contributed by atoms with Crippen LogP contribution in [0.25, 0.3) is 16.4 Å². The Hall–Kier alpha value is -3.05. The highest BCUT2D eigenvalue weighted by molar-refractivity contribution is 6.15. The molecule has 0 unspecified atom stereocenters. The molecular formula is C21H18ClN3O2. The van der Waals surface area contributed by atoms with Crippen LogP contribution in [0.2, 0.25) is 0 Å². The van der Waals surface area contributed by atoms with E-state index in [4.69, 9.17) is 0 Å². The van der Waals surface area contributed by atoms with Crippen LogP contribution in [0.15, 0.2) is 60.9 Å². The molecule has 1 amide bonds. The van der Waals surface area contributed by atoms with E-state index in [0.717, 1.165) is 34.1 Å². The zero-order valence-corrected chi connectivity index (χ0v) is 15.5. The third-order valence-corrected chi connectivity index (χ3v) is 4.82. The Bertz CT molecular complexity index is 1120. The second kappa shape index (κ2) is 6.93. The molecule has 1 aliphatic rings. The highest BCUT2D eigenvalue weighted by atomic mass is 35.5. The predicted molar refractivity (Wildman–Crippen MR) is 108 cm³/mol. The number of carbonyl (C=O) groups is 1. The first kappa shape index (κ1) is 17.4. The number of carbonyl (C=O) groups excluding carboxylic acids is 1. The molecule has 2 aromatic carbocycles. The number of anilines is 1. The van der Waals surface area contributed by atoms with Gasteiger partial charge in [0.15, 0.2) is 0 Å². The van der Waals surface area contributed by atoms with Crippen LogP contribution in [0.5, 0.6) is 5.75 Å². The van der Waals surface area contributed by atoms with Gasteiger partial charge >= 0.3 is 0 Å². The molecule has 2 aromatic heterocycles. The van der Waals surface area contributed by atoms with Crippen molar-refractivity contribution in [1.29, 1.82) is 0 Å². The Morgan fingerprint density at radius 1 is 1.11 bits per heavy atom. The van der Waals surface area contributed by atoms with Crippen molar-refractivity contribution in [3.05, 3.63) is 72.2 Å². The van der Waals surface area contributed by atoms with Gasteiger partial charge in [0.2, 0.25) is 0 Å². The number of aromatic nitrogens is 2. The van der Waals surface area contributed by atoms with Gasteiger partial charge in [-0.2, -0.15) is 0 Å². The van der Waals surface area contributed by atoms with E-state index >= 15 is 0 Å². The van der Waals surface area contributed by atoms with Crippen molar-refractivity contribution in [3.63, 3.8) is 0 Å². The summed E-state index contributed by atoms with van der Waals surface area (Å²) in [5, 5.41) is 12.2. The van der Waals surface area contributed by atoms with Gasteiger partial charge in [0.1, 0.15) is 17.1 Å². The van der Waals surface area contributed by atoms with Crippen LogP contribution in [-0.2, 0) is 6.42 Å². The van der Waals surface area contributed by atoms with E-state index in [1.165, 1.54) is 6.38 Å². The summed E-state index contributed by atoms with van der Waals surface area (Å²) in [6.07, 6.45) is 5.86. The zero-order chi connectivity index (χ0) is 19.0. The topological polar surface area (TPSA) is 57.8 Å². The van der Waals surface area contributed by atoms with Crippen molar-refractivity contribution in [2.45, 2.75) is 6.42 Å². The quantitative estimate of drug-likeness (QED) is 0.503. The van der Waals surface area contributed by atoms with Crippen molar-refractivity contribution < 1.29 is 9.90 Å². The highest BCUT2D eigenvalue weighted by Gasteiger charge is 2.29. The van der Waals surface area contributed by atoms with E-state index in [1.54, 1.807) is 17.2 Å². The number of hydrogen-bond donors (Lipinski definition) is 1. The summed E-state index contributed by atoms with van der Waals surface area (Å²) < 4.78 is 1.84. The summed E-state index contributed by atoms with van der Waals surface area (Å²) >= 11 is 4.64. The lowest BCUT2D eigenvalue weighted by Crippen LogP contribution is -2.29. The van der Waals surface area contributed by atoms with E-state index in [1.807, 2.05) is 53.1 Å². The van der Waals surface area contributed by atoms with Crippen LogP contribution in [0.1, 0.15) is 16.1 Å². The summed E-state index contributed by atoms with van der Waals surface area (Å²) in [4.78, 5) is 19.1. The SMILES string of the molecule is CCl.O=C(c1cn2ccccc2n1)N1CCc2c1cc(O)c1ccccc21. The Balaban J connectivity index is 0.000000872. The third-order valence-electron chi connectivity index (χ3n) is 4.82. The number of phenols is 1. The van der Waals surface area contributed by atoms with E-state index < -0.39 is 0 Å². The molecule has 136 valence electrons. The first-order valence-electron chi connectivity index (χ1n) is 8.59. The maximum atomic E-state index is 13.0. The van der Waals surface area contributed by atoms with Gasteiger partial charge in [-0.15, -0.1) is 11.6 Å². The normalized spacial score (nSPS) is 12.7. The summed E-state index contributed by atoms with van der Waals surface area (Å²) in [5.41, 5.74) is 3.03. The van der Waals surface area contributed by atoms with Gasteiger partial charge < -0.3 is 14.4 Å². The van der Waals surface area contributed by atoms with Gasteiger partial charge in [-0.1, -0.05) is 30.3 Å².